The van der Waals surface area contributed by atoms with Crippen LogP contribution in [0.1, 0.15) is 32.3 Å². The summed E-state index contributed by atoms with van der Waals surface area (Å²) in [7, 11) is 0. The minimum absolute atomic E-state index is 0.111. The number of alkyl halides is 3. The molecule has 41 heavy (non-hydrogen) atoms. The van der Waals surface area contributed by atoms with Crippen LogP contribution in [0.2, 0.25) is 0 Å². The minimum Gasteiger partial charge on any atom is -0.368 e. The van der Waals surface area contributed by atoms with Crippen molar-refractivity contribution in [2.24, 2.45) is 11.0 Å². The largest absolute Gasteiger partial charge is 0.416 e. The lowest BCUT2D eigenvalue weighted by atomic mass is 9.79. The third kappa shape index (κ3) is 5.09. The Bertz CT molecular complexity index is 1710. The minimum atomic E-state index is -4.52. The SMILES string of the molecule is CCC1CC(C)=C(Nc2nc(-c3ccccc3)nc3ccccc23)C2=NN(c3cccc(C(F)(F)F)c3)C(O)C=C21. The van der Waals surface area contributed by atoms with E-state index in [0.717, 1.165) is 52.6 Å². The molecular formula is C32H28F3N5O. The van der Waals surface area contributed by atoms with Crippen LogP contribution < -0.4 is 10.3 Å². The zero-order chi connectivity index (χ0) is 28.7. The molecule has 2 aliphatic rings. The molecule has 0 saturated heterocycles. The molecule has 2 heterocycles. The van der Waals surface area contributed by atoms with E-state index in [2.05, 4.69) is 12.2 Å². The van der Waals surface area contributed by atoms with Gasteiger partial charge in [-0.15, -0.1) is 0 Å². The Morgan fingerprint density at radius 2 is 1.73 bits per heavy atom. The smallest absolute Gasteiger partial charge is 0.368 e. The number of hydrogen-bond donors (Lipinski definition) is 2. The van der Waals surface area contributed by atoms with Crippen molar-refractivity contribution < 1.29 is 18.3 Å². The van der Waals surface area contributed by atoms with Crippen molar-refractivity contribution in [3.05, 3.63) is 107 Å². The molecule has 0 bridgehead atoms. The second kappa shape index (κ2) is 10.5. The number of para-hydroxylation sites is 1. The summed E-state index contributed by atoms with van der Waals surface area (Å²) in [6.45, 7) is 4.09. The molecule has 0 saturated carbocycles. The maximum atomic E-state index is 13.5. The highest BCUT2D eigenvalue weighted by molar-refractivity contribution is 6.17. The van der Waals surface area contributed by atoms with Gasteiger partial charge in [0.25, 0.3) is 0 Å². The van der Waals surface area contributed by atoms with E-state index < -0.39 is 18.0 Å². The Morgan fingerprint density at radius 1 is 0.976 bits per heavy atom. The fraction of sp³-hybridized carbons (Fsp3) is 0.219. The molecule has 6 nitrogen and oxygen atoms in total. The molecule has 2 atom stereocenters. The highest BCUT2D eigenvalue weighted by Gasteiger charge is 2.36. The number of nitrogens with zero attached hydrogens (tertiary/aromatic N) is 4. The van der Waals surface area contributed by atoms with E-state index in [-0.39, 0.29) is 11.6 Å². The maximum absolute atomic E-state index is 13.5. The molecule has 0 spiro atoms. The Kier molecular flexibility index (Phi) is 6.83. The van der Waals surface area contributed by atoms with Crippen LogP contribution in [-0.2, 0) is 6.18 Å². The fourth-order valence-corrected chi connectivity index (χ4v) is 5.41. The number of allylic oxidation sites excluding steroid dienone is 2. The first-order chi connectivity index (χ1) is 19.7. The lowest BCUT2D eigenvalue weighted by Gasteiger charge is -2.36. The average molecular weight is 556 g/mol. The molecule has 208 valence electrons. The lowest BCUT2D eigenvalue weighted by Crippen LogP contribution is -2.39. The first-order valence-electron chi connectivity index (χ1n) is 13.5. The Balaban J connectivity index is 1.47. The molecule has 0 radical (unpaired) electrons. The van der Waals surface area contributed by atoms with E-state index in [0.29, 0.717) is 23.1 Å². The van der Waals surface area contributed by atoms with Crippen LogP contribution in [-0.4, -0.2) is 27.0 Å². The van der Waals surface area contributed by atoms with Crippen LogP contribution in [0, 0.1) is 5.92 Å². The summed E-state index contributed by atoms with van der Waals surface area (Å²) in [5, 5.41) is 21.4. The number of nitrogens with one attached hydrogen (secondary N) is 1. The van der Waals surface area contributed by atoms with E-state index in [1.54, 1.807) is 6.08 Å². The number of aliphatic hydroxyl groups excluding tert-OH is 1. The molecule has 1 aliphatic carbocycles. The van der Waals surface area contributed by atoms with Gasteiger partial charge in [0, 0.05) is 10.9 Å². The average Bonchev–Trinajstić information content (AvgIpc) is 2.98. The Morgan fingerprint density at radius 3 is 2.49 bits per heavy atom. The number of benzene rings is 3. The number of fused-ring (bicyclic) bond motifs is 2. The monoisotopic (exact) mass is 555 g/mol. The van der Waals surface area contributed by atoms with Crippen molar-refractivity contribution in [3.63, 3.8) is 0 Å². The molecule has 0 fully saturated rings. The number of rotatable bonds is 5. The van der Waals surface area contributed by atoms with Crippen molar-refractivity contribution in [1.82, 2.24) is 9.97 Å². The molecule has 0 amide bonds. The van der Waals surface area contributed by atoms with Gasteiger partial charge in [0.05, 0.1) is 22.5 Å². The topological polar surface area (TPSA) is 73.6 Å². The second-order valence-corrected chi connectivity index (χ2v) is 10.2. The molecule has 6 rings (SSSR count). The quantitative estimate of drug-likeness (QED) is 0.266. The van der Waals surface area contributed by atoms with Gasteiger partial charge in [-0.3, -0.25) is 0 Å². The summed E-state index contributed by atoms with van der Waals surface area (Å²) in [4.78, 5) is 9.66. The molecule has 1 aromatic heterocycles. The second-order valence-electron chi connectivity index (χ2n) is 10.2. The highest BCUT2D eigenvalue weighted by atomic mass is 19.4. The third-order valence-electron chi connectivity index (χ3n) is 7.53. The molecule has 9 heteroatoms. The van der Waals surface area contributed by atoms with E-state index in [9.17, 15) is 18.3 Å². The first-order valence-corrected chi connectivity index (χ1v) is 13.5. The summed E-state index contributed by atoms with van der Waals surface area (Å²) in [5.41, 5.74) is 4.17. The number of halogens is 3. The van der Waals surface area contributed by atoms with Crippen molar-refractivity contribution in [3.8, 4) is 11.4 Å². The van der Waals surface area contributed by atoms with Crippen LogP contribution in [0.4, 0.5) is 24.7 Å². The van der Waals surface area contributed by atoms with Crippen LogP contribution in [0.5, 0.6) is 0 Å². The highest BCUT2D eigenvalue weighted by Crippen LogP contribution is 2.39. The molecule has 2 unspecified atom stereocenters. The molecule has 4 aromatic rings. The van der Waals surface area contributed by atoms with Crippen molar-refractivity contribution in [1.29, 1.82) is 0 Å². The van der Waals surface area contributed by atoms with Gasteiger partial charge in [-0.2, -0.15) is 18.3 Å². The zero-order valence-corrected chi connectivity index (χ0v) is 22.5. The van der Waals surface area contributed by atoms with Crippen molar-refractivity contribution >= 4 is 28.1 Å². The standard InChI is InChI=1S/C32H28F3N5O/c1-3-20-16-19(2)28(29-25(20)18-27(41)40(39-29)23-13-9-12-22(17-23)32(33,34)35)37-31-24-14-7-8-15-26(24)36-30(38-31)21-10-5-4-6-11-21/h4-15,17-18,20,27,41H,3,16H2,1-2H3,(H,36,37,38). The van der Waals surface area contributed by atoms with Crippen LogP contribution in [0.25, 0.3) is 22.3 Å². The maximum Gasteiger partial charge on any atom is 0.416 e. The summed E-state index contributed by atoms with van der Waals surface area (Å²) < 4.78 is 40.4. The van der Waals surface area contributed by atoms with Gasteiger partial charge >= 0.3 is 6.18 Å². The number of aromatic nitrogens is 2. The summed E-state index contributed by atoms with van der Waals surface area (Å²) in [5.74, 6) is 1.27. The number of anilines is 2. The summed E-state index contributed by atoms with van der Waals surface area (Å²) in [6, 6.07) is 22.2. The van der Waals surface area contributed by atoms with Gasteiger partial charge in [-0.1, -0.05) is 55.5 Å². The predicted octanol–water partition coefficient (Wildman–Crippen LogP) is 7.55. The predicted molar refractivity (Wildman–Crippen MR) is 155 cm³/mol. The molecule has 1 aliphatic heterocycles. The first kappa shape index (κ1) is 26.7. The van der Waals surface area contributed by atoms with Crippen molar-refractivity contribution in [2.45, 2.75) is 39.1 Å². The Hall–Kier alpha value is -4.50. The molecule has 3 aromatic carbocycles. The number of aliphatic hydroxyl groups is 1. The number of hydrazone groups is 1. The van der Waals surface area contributed by atoms with Gasteiger partial charge in [-0.05, 0) is 73.2 Å². The van der Waals surface area contributed by atoms with Gasteiger partial charge in [-0.25, -0.2) is 15.0 Å². The molecule has 2 N–H and O–H groups in total. The van der Waals surface area contributed by atoms with E-state index in [1.807, 2.05) is 61.5 Å². The summed E-state index contributed by atoms with van der Waals surface area (Å²) >= 11 is 0. The van der Waals surface area contributed by atoms with Gasteiger partial charge in [0.2, 0.25) is 0 Å². The zero-order valence-electron chi connectivity index (χ0n) is 22.5. The van der Waals surface area contributed by atoms with Crippen molar-refractivity contribution in [2.75, 3.05) is 10.3 Å². The van der Waals surface area contributed by atoms with Gasteiger partial charge < -0.3 is 10.4 Å². The number of hydrogen-bond acceptors (Lipinski definition) is 6. The van der Waals surface area contributed by atoms with E-state index >= 15 is 0 Å². The van der Waals surface area contributed by atoms with Crippen LogP contribution in [0.15, 0.2) is 107 Å². The van der Waals surface area contributed by atoms with Gasteiger partial charge in [0.1, 0.15) is 11.5 Å². The Labute approximate surface area is 235 Å². The van der Waals surface area contributed by atoms with Crippen LogP contribution >= 0.6 is 0 Å². The van der Waals surface area contributed by atoms with Gasteiger partial charge in [0.15, 0.2) is 12.1 Å². The third-order valence-corrected chi connectivity index (χ3v) is 7.53. The lowest BCUT2D eigenvalue weighted by molar-refractivity contribution is -0.137. The van der Waals surface area contributed by atoms with E-state index in [4.69, 9.17) is 15.1 Å². The molecular weight excluding hydrogens is 527 g/mol. The normalized spacial score (nSPS) is 19.1. The van der Waals surface area contributed by atoms with Crippen LogP contribution in [0.3, 0.4) is 0 Å². The summed E-state index contributed by atoms with van der Waals surface area (Å²) in [6.07, 6.45) is -2.47. The fourth-order valence-electron chi connectivity index (χ4n) is 5.41. The van der Waals surface area contributed by atoms with E-state index in [1.165, 1.54) is 17.1 Å².